The summed E-state index contributed by atoms with van der Waals surface area (Å²) in [7, 11) is -4.42. The minimum atomic E-state index is -4.42. The van der Waals surface area contributed by atoms with E-state index in [4.69, 9.17) is 4.74 Å². The number of ether oxygens (including phenoxy) is 1. The molecule has 1 fully saturated rings. The fourth-order valence-corrected chi connectivity index (χ4v) is 5.74. The van der Waals surface area contributed by atoms with Gasteiger partial charge in [0.2, 0.25) is 15.9 Å². The zero-order valence-corrected chi connectivity index (χ0v) is 20.8. The number of hydrogen-bond acceptors (Lipinski definition) is 5. The average molecular weight is 534 g/mol. The SMILES string of the molecule is CCOc1ccccc1NC(=O)[C@@H](c1ccccc1)N1CCN(S(=O)(=O)c2ccc(F)c(F)c2F)CC1. The number of amides is 1. The molecule has 3 aromatic rings. The first-order valence-corrected chi connectivity index (χ1v) is 13.1. The van der Waals surface area contributed by atoms with E-state index in [1.165, 1.54) is 0 Å². The lowest BCUT2D eigenvalue weighted by Crippen LogP contribution is -2.51. The number of carbonyl (C=O) groups is 1. The van der Waals surface area contributed by atoms with E-state index in [1.54, 1.807) is 48.5 Å². The molecule has 0 saturated carbocycles. The van der Waals surface area contributed by atoms with Gasteiger partial charge in [-0.05, 0) is 36.8 Å². The maximum atomic E-state index is 14.2. The van der Waals surface area contributed by atoms with Crippen molar-refractivity contribution in [3.8, 4) is 5.75 Å². The molecule has 1 aliphatic heterocycles. The molecule has 1 N–H and O–H groups in total. The summed E-state index contributed by atoms with van der Waals surface area (Å²) in [5, 5.41) is 2.91. The number of nitrogens with zero attached hydrogens (tertiary/aromatic N) is 2. The summed E-state index contributed by atoms with van der Waals surface area (Å²) in [6, 6.07) is 16.6. The molecule has 1 saturated heterocycles. The van der Waals surface area contributed by atoms with Gasteiger partial charge in [-0.25, -0.2) is 21.6 Å². The lowest BCUT2D eigenvalue weighted by atomic mass is 10.0. The fraction of sp³-hybridized carbons (Fsp3) is 0.269. The molecule has 3 aromatic carbocycles. The highest BCUT2D eigenvalue weighted by Gasteiger charge is 2.36. The summed E-state index contributed by atoms with van der Waals surface area (Å²) in [4.78, 5) is 14.4. The van der Waals surface area contributed by atoms with E-state index in [-0.39, 0.29) is 32.1 Å². The molecule has 0 radical (unpaired) electrons. The van der Waals surface area contributed by atoms with Gasteiger partial charge in [0.1, 0.15) is 16.7 Å². The van der Waals surface area contributed by atoms with Crippen LogP contribution in [0.25, 0.3) is 0 Å². The van der Waals surface area contributed by atoms with Gasteiger partial charge in [-0.3, -0.25) is 9.69 Å². The van der Waals surface area contributed by atoms with Gasteiger partial charge in [0.15, 0.2) is 17.5 Å². The molecule has 1 atom stereocenters. The molecule has 11 heteroatoms. The Morgan fingerprint density at radius 1 is 0.919 bits per heavy atom. The van der Waals surface area contributed by atoms with Crippen LogP contribution in [0.2, 0.25) is 0 Å². The average Bonchev–Trinajstić information content (AvgIpc) is 2.89. The third-order valence-corrected chi connectivity index (χ3v) is 7.98. The number of benzene rings is 3. The van der Waals surface area contributed by atoms with Crippen LogP contribution in [-0.4, -0.2) is 56.3 Å². The van der Waals surface area contributed by atoms with E-state index >= 15 is 0 Å². The van der Waals surface area contributed by atoms with Gasteiger partial charge in [-0.2, -0.15) is 4.31 Å². The first-order chi connectivity index (χ1) is 17.7. The first kappa shape index (κ1) is 26.6. The second kappa shape index (κ2) is 11.3. The monoisotopic (exact) mass is 533 g/mol. The van der Waals surface area contributed by atoms with Crippen molar-refractivity contribution >= 4 is 21.6 Å². The molecule has 7 nitrogen and oxygen atoms in total. The molecule has 1 amide bonds. The quantitative estimate of drug-likeness (QED) is 0.440. The maximum Gasteiger partial charge on any atom is 0.246 e. The highest BCUT2D eigenvalue weighted by atomic mass is 32.2. The van der Waals surface area contributed by atoms with Gasteiger partial charge in [0.25, 0.3) is 0 Å². The molecule has 0 spiro atoms. The Bertz CT molecular complexity index is 1360. The fourth-order valence-electron chi connectivity index (χ4n) is 4.26. The number of piperazine rings is 1. The molecular weight excluding hydrogens is 507 g/mol. The second-order valence-electron chi connectivity index (χ2n) is 8.35. The van der Waals surface area contributed by atoms with Crippen LogP contribution < -0.4 is 10.1 Å². The van der Waals surface area contributed by atoms with Gasteiger partial charge in [-0.1, -0.05) is 42.5 Å². The molecule has 0 unspecified atom stereocenters. The van der Waals surface area contributed by atoms with Crippen LogP contribution >= 0.6 is 0 Å². The Hall–Kier alpha value is -3.41. The Kier molecular flexibility index (Phi) is 8.16. The summed E-state index contributed by atoms with van der Waals surface area (Å²) in [5.41, 5.74) is 1.21. The van der Waals surface area contributed by atoms with Crippen LogP contribution in [0.5, 0.6) is 5.75 Å². The third-order valence-electron chi connectivity index (χ3n) is 6.06. The number of nitrogens with one attached hydrogen (secondary N) is 1. The maximum absolute atomic E-state index is 14.2. The van der Waals surface area contributed by atoms with Crippen molar-refractivity contribution in [3.63, 3.8) is 0 Å². The number of carbonyl (C=O) groups excluding carboxylic acids is 1. The molecular formula is C26H26F3N3O4S. The first-order valence-electron chi connectivity index (χ1n) is 11.7. The van der Waals surface area contributed by atoms with Crippen LogP contribution in [0.15, 0.2) is 71.6 Å². The Labute approximate surface area is 213 Å². The summed E-state index contributed by atoms with van der Waals surface area (Å²) in [5.74, 6) is -4.87. The largest absolute Gasteiger partial charge is 0.492 e. The van der Waals surface area contributed by atoms with Crippen LogP contribution in [0.3, 0.4) is 0 Å². The lowest BCUT2D eigenvalue weighted by molar-refractivity contribution is -0.122. The van der Waals surface area contributed by atoms with Crippen LogP contribution in [0.1, 0.15) is 18.5 Å². The number of para-hydroxylation sites is 2. The van der Waals surface area contributed by atoms with Crippen molar-refractivity contribution in [2.24, 2.45) is 0 Å². The highest BCUT2D eigenvalue weighted by Crippen LogP contribution is 2.30. The van der Waals surface area contributed by atoms with Crippen LogP contribution in [-0.2, 0) is 14.8 Å². The summed E-state index contributed by atoms with van der Waals surface area (Å²) >= 11 is 0. The van der Waals surface area contributed by atoms with Gasteiger partial charge in [-0.15, -0.1) is 0 Å². The molecule has 1 heterocycles. The van der Waals surface area contributed by atoms with Crippen molar-refractivity contribution in [1.29, 1.82) is 0 Å². The highest BCUT2D eigenvalue weighted by molar-refractivity contribution is 7.89. The van der Waals surface area contributed by atoms with Gasteiger partial charge in [0, 0.05) is 26.2 Å². The van der Waals surface area contributed by atoms with Crippen molar-refractivity contribution < 1.29 is 31.1 Å². The molecule has 0 aromatic heterocycles. The molecule has 0 bridgehead atoms. The Balaban J connectivity index is 1.55. The predicted octanol–water partition coefficient (Wildman–Crippen LogP) is 4.19. The van der Waals surface area contributed by atoms with E-state index in [1.807, 2.05) is 17.9 Å². The third kappa shape index (κ3) is 5.63. The van der Waals surface area contributed by atoms with Crippen molar-refractivity contribution in [1.82, 2.24) is 9.21 Å². The molecule has 196 valence electrons. The Morgan fingerprint density at radius 2 is 1.57 bits per heavy atom. The number of hydrogen-bond donors (Lipinski definition) is 1. The van der Waals surface area contributed by atoms with E-state index < -0.39 is 38.4 Å². The van der Waals surface area contributed by atoms with E-state index in [0.717, 1.165) is 4.31 Å². The number of rotatable bonds is 8. The summed E-state index contributed by atoms with van der Waals surface area (Å²) in [6.45, 7) is 2.39. The van der Waals surface area contributed by atoms with Crippen molar-refractivity contribution in [3.05, 3.63) is 89.7 Å². The van der Waals surface area contributed by atoms with Crippen LogP contribution in [0, 0.1) is 17.5 Å². The minimum absolute atomic E-state index is 0.0765. The zero-order chi connectivity index (χ0) is 26.6. The Morgan fingerprint density at radius 3 is 2.24 bits per heavy atom. The van der Waals surface area contributed by atoms with Gasteiger partial charge in [0.05, 0.1) is 12.3 Å². The molecule has 4 rings (SSSR count). The second-order valence-corrected chi connectivity index (χ2v) is 10.3. The summed E-state index contributed by atoms with van der Waals surface area (Å²) < 4.78 is 73.8. The van der Waals surface area contributed by atoms with Crippen molar-refractivity contribution in [2.45, 2.75) is 17.9 Å². The van der Waals surface area contributed by atoms with Gasteiger partial charge < -0.3 is 10.1 Å². The smallest absolute Gasteiger partial charge is 0.246 e. The number of sulfonamides is 1. The molecule has 37 heavy (non-hydrogen) atoms. The lowest BCUT2D eigenvalue weighted by Gasteiger charge is -2.38. The van der Waals surface area contributed by atoms with Crippen LogP contribution in [0.4, 0.5) is 18.9 Å². The van der Waals surface area contributed by atoms with Gasteiger partial charge >= 0.3 is 0 Å². The van der Waals surface area contributed by atoms with E-state index in [0.29, 0.717) is 35.7 Å². The molecule has 0 aliphatic carbocycles. The molecule has 1 aliphatic rings. The van der Waals surface area contributed by atoms with E-state index in [9.17, 15) is 26.4 Å². The normalized spacial score (nSPS) is 15.8. The topological polar surface area (TPSA) is 79.0 Å². The standard InChI is InChI=1S/C26H26F3N3O4S/c1-2-36-21-11-7-6-10-20(21)30-26(33)25(18-8-4-3-5-9-18)31-14-16-32(17-15-31)37(34,35)22-13-12-19(27)23(28)24(22)29/h3-13,25H,2,14-17H2,1H3,(H,30,33)/t25-/m1/s1. The van der Waals surface area contributed by atoms with Crippen molar-refractivity contribution in [2.75, 3.05) is 38.1 Å². The zero-order valence-electron chi connectivity index (χ0n) is 20.0. The van der Waals surface area contributed by atoms with E-state index in [2.05, 4.69) is 5.32 Å². The summed E-state index contributed by atoms with van der Waals surface area (Å²) in [6.07, 6.45) is 0. The predicted molar refractivity (Wildman–Crippen MR) is 132 cm³/mol. The minimum Gasteiger partial charge on any atom is -0.492 e. The number of anilines is 1. The number of halogens is 3.